The van der Waals surface area contributed by atoms with Gasteiger partial charge < -0.3 is 10.0 Å². The second-order valence-corrected chi connectivity index (χ2v) is 3.53. The standard InChI is InChI=1S/C12H13NO3/c1-13(2)7-6-11(14)9-4-3-5-10(8-9)12(15)16/h3-8H,1-2H3,(H,15,16)/b7-6+. The Morgan fingerprint density at radius 1 is 1.25 bits per heavy atom. The number of carbonyl (C=O) groups is 2. The third-order valence-corrected chi connectivity index (χ3v) is 1.92. The van der Waals surface area contributed by atoms with Gasteiger partial charge >= 0.3 is 5.97 Å². The van der Waals surface area contributed by atoms with Crippen molar-refractivity contribution in [1.82, 2.24) is 4.90 Å². The lowest BCUT2D eigenvalue weighted by atomic mass is 10.1. The minimum absolute atomic E-state index is 0.115. The minimum atomic E-state index is -1.04. The van der Waals surface area contributed by atoms with Crippen molar-refractivity contribution in [2.45, 2.75) is 0 Å². The maximum atomic E-state index is 11.6. The van der Waals surface area contributed by atoms with Crippen LogP contribution in [0.2, 0.25) is 0 Å². The topological polar surface area (TPSA) is 57.6 Å². The van der Waals surface area contributed by atoms with Crippen molar-refractivity contribution in [2.24, 2.45) is 0 Å². The first kappa shape index (κ1) is 12.0. The molecule has 0 spiro atoms. The molecular formula is C12H13NO3. The van der Waals surface area contributed by atoms with Crippen LogP contribution in [0.3, 0.4) is 0 Å². The summed E-state index contributed by atoms with van der Waals surface area (Å²) in [5, 5.41) is 8.77. The van der Waals surface area contributed by atoms with E-state index in [0.717, 1.165) is 0 Å². The Bertz CT molecular complexity index is 436. The van der Waals surface area contributed by atoms with Gasteiger partial charge in [-0.3, -0.25) is 4.79 Å². The van der Waals surface area contributed by atoms with Crippen LogP contribution in [0.1, 0.15) is 20.7 Å². The Hall–Kier alpha value is -2.10. The molecule has 0 aliphatic rings. The molecule has 0 aliphatic heterocycles. The summed E-state index contributed by atoms with van der Waals surface area (Å²) >= 11 is 0. The highest BCUT2D eigenvalue weighted by Gasteiger charge is 2.06. The average Bonchev–Trinajstić information content (AvgIpc) is 2.26. The molecule has 0 saturated carbocycles. The van der Waals surface area contributed by atoms with Crippen molar-refractivity contribution < 1.29 is 14.7 Å². The van der Waals surface area contributed by atoms with Crippen LogP contribution in [0.4, 0.5) is 0 Å². The fourth-order valence-electron chi connectivity index (χ4n) is 1.12. The molecule has 0 amide bonds. The lowest BCUT2D eigenvalue weighted by molar-refractivity contribution is 0.0697. The van der Waals surface area contributed by atoms with Gasteiger partial charge in [0, 0.05) is 31.9 Å². The van der Waals surface area contributed by atoms with Crippen molar-refractivity contribution in [3.8, 4) is 0 Å². The molecule has 4 heteroatoms. The predicted molar refractivity (Wildman–Crippen MR) is 60.6 cm³/mol. The Morgan fingerprint density at radius 2 is 1.88 bits per heavy atom. The van der Waals surface area contributed by atoms with Gasteiger partial charge in [0.2, 0.25) is 0 Å². The van der Waals surface area contributed by atoms with E-state index in [1.165, 1.54) is 18.2 Å². The van der Waals surface area contributed by atoms with Crippen molar-refractivity contribution in [1.29, 1.82) is 0 Å². The van der Waals surface area contributed by atoms with E-state index in [1.807, 2.05) is 0 Å². The van der Waals surface area contributed by atoms with Crippen molar-refractivity contribution in [2.75, 3.05) is 14.1 Å². The summed E-state index contributed by atoms with van der Waals surface area (Å²) in [7, 11) is 3.61. The van der Waals surface area contributed by atoms with E-state index >= 15 is 0 Å². The Balaban J connectivity index is 2.92. The minimum Gasteiger partial charge on any atom is -0.478 e. The highest BCUT2D eigenvalue weighted by molar-refractivity contribution is 6.05. The zero-order valence-electron chi connectivity index (χ0n) is 9.18. The number of hydrogen-bond acceptors (Lipinski definition) is 3. The van der Waals surface area contributed by atoms with Gasteiger partial charge in [-0.2, -0.15) is 0 Å². The molecule has 0 unspecified atom stereocenters. The second kappa shape index (κ2) is 5.11. The molecule has 0 heterocycles. The lowest BCUT2D eigenvalue weighted by Gasteiger charge is -2.03. The van der Waals surface area contributed by atoms with Crippen LogP contribution in [-0.2, 0) is 0 Å². The number of ketones is 1. The fraction of sp³-hybridized carbons (Fsp3) is 0.167. The zero-order valence-corrected chi connectivity index (χ0v) is 9.18. The maximum absolute atomic E-state index is 11.6. The summed E-state index contributed by atoms with van der Waals surface area (Å²) in [6, 6.07) is 5.97. The molecule has 0 radical (unpaired) electrons. The predicted octanol–water partition coefficient (Wildman–Crippen LogP) is 1.64. The largest absolute Gasteiger partial charge is 0.478 e. The number of nitrogens with zero attached hydrogens (tertiary/aromatic N) is 1. The van der Waals surface area contributed by atoms with E-state index in [1.54, 1.807) is 37.3 Å². The van der Waals surface area contributed by atoms with Gasteiger partial charge in [0.15, 0.2) is 5.78 Å². The van der Waals surface area contributed by atoms with E-state index in [-0.39, 0.29) is 11.3 Å². The van der Waals surface area contributed by atoms with Crippen molar-refractivity contribution in [3.05, 3.63) is 47.7 Å². The van der Waals surface area contributed by atoms with Gasteiger partial charge in [0.05, 0.1) is 5.56 Å². The summed E-state index contributed by atoms with van der Waals surface area (Å²) < 4.78 is 0. The number of allylic oxidation sites excluding steroid dienone is 1. The van der Waals surface area contributed by atoms with Crippen molar-refractivity contribution >= 4 is 11.8 Å². The molecule has 1 rings (SSSR count). The molecule has 0 saturated heterocycles. The fourth-order valence-corrected chi connectivity index (χ4v) is 1.12. The Kier molecular flexibility index (Phi) is 3.83. The maximum Gasteiger partial charge on any atom is 0.335 e. The van der Waals surface area contributed by atoms with E-state index in [0.29, 0.717) is 5.56 Å². The number of carboxylic acids is 1. The third-order valence-electron chi connectivity index (χ3n) is 1.92. The summed E-state index contributed by atoms with van der Waals surface area (Å²) in [5.41, 5.74) is 0.488. The van der Waals surface area contributed by atoms with Crippen LogP contribution >= 0.6 is 0 Å². The SMILES string of the molecule is CN(C)/C=C/C(=O)c1cccc(C(=O)O)c1. The first-order valence-corrected chi connectivity index (χ1v) is 4.73. The monoisotopic (exact) mass is 219 g/mol. The highest BCUT2D eigenvalue weighted by Crippen LogP contribution is 2.06. The quantitative estimate of drug-likeness (QED) is 0.617. The van der Waals surface area contributed by atoms with Crippen LogP contribution in [0.5, 0.6) is 0 Å². The Morgan fingerprint density at radius 3 is 2.44 bits per heavy atom. The third kappa shape index (κ3) is 3.24. The van der Waals surface area contributed by atoms with Gasteiger partial charge in [-0.15, -0.1) is 0 Å². The molecule has 1 aromatic rings. The van der Waals surface area contributed by atoms with E-state index in [9.17, 15) is 9.59 Å². The summed E-state index contributed by atoms with van der Waals surface area (Å²) in [6.45, 7) is 0. The van der Waals surface area contributed by atoms with Crippen molar-refractivity contribution in [3.63, 3.8) is 0 Å². The number of aromatic carboxylic acids is 1. The normalized spacial score (nSPS) is 10.4. The molecule has 16 heavy (non-hydrogen) atoms. The van der Waals surface area contributed by atoms with E-state index < -0.39 is 5.97 Å². The van der Waals surface area contributed by atoms with Gasteiger partial charge in [-0.25, -0.2) is 4.79 Å². The number of carbonyl (C=O) groups excluding carboxylic acids is 1. The molecule has 0 bridgehead atoms. The molecular weight excluding hydrogens is 206 g/mol. The van der Waals surface area contributed by atoms with Crippen LogP contribution < -0.4 is 0 Å². The first-order valence-electron chi connectivity index (χ1n) is 4.73. The molecule has 0 atom stereocenters. The highest BCUT2D eigenvalue weighted by atomic mass is 16.4. The summed E-state index contributed by atoms with van der Waals surface area (Å²) in [6.07, 6.45) is 3.02. The first-order chi connectivity index (χ1) is 7.50. The molecule has 4 nitrogen and oxygen atoms in total. The molecule has 1 N–H and O–H groups in total. The average molecular weight is 219 g/mol. The van der Waals surface area contributed by atoms with Gasteiger partial charge in [-0.1, -0.05) is 12.1 Å². The summed E-state index contributed by atoms with van der Waals surface area (Å²) in [4.78, 5) is 24.1. The van der Waals surface area contributed by atoms with Gasteiger partial charge in [0.1, 0.15) is 0 Å². The lowest BCUT2D eigenvalue weighted by Crippen LogP contribution is -2.04. The molecule has 1 aromatic carbocycles. The number of hydrogen-bond donors (Lipinski definition) is 1. The second-order valence-electron chi connectivity index (χ2n) is 3.53. The van der Waals surface area contributed by atoms with E-state index in [4.69, 9.17) is 5.11 Å². The van der Waals surface area contributed by atoms with Gasteiger partial charge in [0.25, 0.3) is 0 Å². The van der Waals surface area contributed by atoms with Crippen LogP contribution in [0.15, 0.2) is 36.5 Å². The van der Waals surface area contributed by atoms with Crippen LogP contribution in [0, 0.1) is 0 Å². The molecule has 0 aliphatic carbocycles. The molecule has 84 valence electrons. The Labute approximate surface area is 93.8 Å². The number of rotatable bonds is 4. The van der Waals surface area contributed by atoms with Crippen LogP contribution in [-0.4, -0.2) is 35.9 Å². The zero-order chi connectivity index (χ0) is 12.1. The summed E-state index contributed by atoms with van der Waals surface area (Å²) in [5.74, 6) is -1.25. The molecule has 0 aromatic heterocycles. The number of benzene rings is 1. The van der Waals surface area contributed by atoms with Gasteiger partial charge in [-0.05, 0) is 12.1 Å². The molecule has 0 fully saturated rings. The van der Waals surface area contributed by atoms with E-state index in [2.05, 4.69) is 0 Å². The van der Waals surface area contributed by atoms with Crippen LogP contribution in [0.25, 0.3) is 0 Å². The number of carboxylic acid groups (broad SMARTS) is 1. The smallest absolute Gasteiger partial charge is 0.335 e.